The molecule has 1 amide bonds. The lowest BCUT2D eigenvalue weighted by molar-refractivity contribution is -0.113. The van der Waals surface area contributed by atoms with Gasteiger partial charge in [0.2, 0.25) is 15.7 Å². The molecule has 10 heteroatoms. The summed E-state index contributed by atoms with van der Waals surface area (Å²) in [5, 5.41) is 3.00. The normalized spacial score (nSPS) is 11.9. The van der Waals surface area contributed by atoms with Gasteiger partial charge in [-0.2, -0.15) is 8.78 Å². The molecule has 142 valence electrons. The summed E-state index contributed by atoms with van der Waals surface area (Å²) in [4.78, 5) is 16.0. The van der Waals surface area contributed by atoms with Crippen LogP contribution in [-0.2, 0) is 21.7 Å². The summed E-state index contributed by atoms with van der Waals surface area (Å²) < 4.78 is 50.9. The molecule has 0 atom stereocenters. The molecule has 3 rings (SSSR count). The van der Waals surface area contributed by atoms with E-state index < -0.39 is 26.4 Å². The number of anilines is 1. The number of fused-ring (bicyclic) bond motifs is 1. The van der Waals surface area contributed by atoms with E-state index in [2.05, 4.69) is 10.3 Å². The monoisotopic (exact) mass is 411 g/mol. The van der Waals surface area contributed by atoms with E-state index in [0.29, 0.717) is 5.16 Å². The van der Waals surface area contributed by atoms with Crippen molar-refractivity contribution in [3.05, 3.63) is 48.5 Å². The second kappa shape index (κ2) is 7.65. The van der Waals surface area contributed by atoms with Gasteiger partial charge in [-0.1, -0.05) is 36.0 Å². The third-order valence-electron chi connectivity index (χ3n) is 3.78. The molecular weight excluding hydrogens is 396 g/mol. The van der Waals surface area contributed by atoms with Crippen LogP contribution in [0, 0.1) is 0 Å². The largest absolute Gasteiger partial charge is 0.341 e. The number of aryl methyl sites for hydroxylation is 1. The summed E-state index contributed by atoms with van der Waals surface area (Å²) in [6.07, 6.45) is 0. The van der Waals surface area contributed by atoms with Gasteiger partial charge < -0.3 is 9.88 Å². The van der Waals surface area contributed by atoms with Crippen LogP contribution in [0.3, 0.4) is 0 Å². The molecule has 1 N–H and O–H groups in total. The lowest BCUT2D eigenvalue weighted by Crippen LogP contribution is -2.19. The Kier molecular flexibility index (Phi) is 5.47. The van der Waals surface area contributed by atoms with E-state index in [1.165, 1.54) is 18.2 Å². The maximum atomic E-state index is 12.8. The van der Waals surface area contributed by atoms with Crippen LogP contribution in [0.4, 0.5) is 14.5 Å². The van der Waals surface area contributed by atoms with E-state index in [1.54, 1.807) is 0 Å². The number of para-hydroxylation sites is 3. The van der Waals surface area contributed by atoms with Crippen LogP contribution in [0.25, 0.3) is 11.0 Å². The number of imidazole rings is 1. The number of aromatic nitrogens is 2. The van der Waals surface area contributed by atoms with Crippen molar-refractivity contribution in [2.24, 2.45) is 7.05 Å². The van der Waals surface area contributed by atoms with E-state index in [9.17, 15) is 22.0 Å². The van der Waals surface area contributed by atoms with Crippen molar-refractivity contribution in [2.75, 3.05) is 11.1 Å². The Morgan fingerprint density at radius 3 is 2.56 bits per heavy atom. The molecule has 27 heavy (non-hydrogen) atoms. The number of rotatable bonds is 6. The standard InChI is InChI=1S/C17H15F2N3O3S2/c1-22-13-8-4-2-6-11(13)21-17(22)26-10-15(23)20-12-7-3-5-9-14(12)27(24,25)16(18)19/h2-9,16H,10H2,1H3,(H,20,23). The third kappa shape index (κ3) is 3.96. The Bertz CT molecular complexity index is 1100. The number of halogens is 2. The van der Waals surface area contributed by atoms with E-state index in [0.717, 1.165) is 28.9 Å². The van der Waals surface area contributed by atoms with E-state index in [1.807, 2.05) is 35.9 Å². The van der Waals surface area contributed by atoms with E-state index in [4.69, 9.17) is 0 Å². The molecule has 2 aromatic carbocycles. The predicted octanol–water partition coefficient (Wildman–Crippen LogP) is 3.30. The topological polar surface area (TPSA) is 81.1 Å². The van der Waals surface area contributed by atoms with Gasteiger partial charge in [-0.15, -0.1) is 0 Å². The average Bonchev–Trinajstić information content (AvgIpc) is 2.96. The highest BCUT2D eigenvalue weighted by Gasteiger charge is 2.29. The van der Waals surface area contributed by atoms with Crippen LogP contribution in [0.1, 0.15) is 0 Å². The van der Waals surface area contributed by atoms with Crippen LogP contribution in [0.2, 0.25) is 0 Å². The van der Waals surface area contributed by atoms with Gasteiger partial charge in [0, 0.05) is 7.05 Å². The number of hydrogen-bond acceptors (Lipinski definition) is 5. The number of nitrogens with zero attached hydrogens (tertiary/aromatic N) is 2. The van der Waals surface area contributed by atoms with Gasteiger partial charge in [0.1, 0.15) is 0 Å². The first kappa shape index (κ1) is 19.3. The van der Waals surface area contributed by atoms with Crippen molar-refractivity contribution in [1.29, 1.82) is 0 Å². The van der Waals surface area contributed by atoms with Crippen LogP contribution in [0.15, 0.2) is 58.6 Å². The summed E-state index contributed by atoms with van der Waals surface area (Å²) in [5.41, 5.74) is 1.53. The molecule has 1 heterocycles. The average molecular weight is 411 g/mol. The number of hydrogen-bond donors (Lipinski definition) is 1. The number of alkyl halides is 2. The minimum atomic E-state index is -4.82. The molecule has 1 aromatic heterocycles. The van der Waals surface area contributed by atoms with E-state index >= 15 is 0 Å². The fourth-order valence-electron chi connectivity index (χ4n) is 2.48. The fraction of sp³-hybridized carbons (Fsp3) is 0.176. The number of sulfone groups is 1. The van der Waals surface area contributed by atoms with Crippen LogP contribution >= 0.6 is 11.8 Å². The zero-order valence-electron chi connectivity index (χ0n) is 14.1. The molecule has 0 aliphatic heterocycles. The zero-order chi connectivity index (χ0) is 19.6. The Balaban J connectivity index is 1.74. The number of amides is 1. The Morgan fingerprint density at radius 2 is 1.85 bits per heavy atom. The van der Waals surface area contributed by atoms with Crippen LogP contribution in [-0.4, -0.2) is 35.4 Å². The van der Waals surface area contributed by atoms with Gasteiger partial charge in [0.15, 0.2) is 5.16 Å². The molecule has 0 radical (unpaired) electrons. The molecule has 0 spiro atoms. The summed E-state index contributed by atoms with van der Waals surface area (Å²) in [6, 6.07) is 12.6. The second-order valence-electron chi connectivity index (χ2n) is 5.58. The van der Waals surface area contributed by atoms with E-state index in [-0.39, 0.29) is 11.4 Å². The smallest absolute Gasteiger partial charge is 0.324 e. The second-order valence-corrected chi connectivity index (χ2v) is 8.41. The van der Waals surface area contributed by atoms with Gasteiger partial charge in [-0.05, 0) is 24.3 Å². The molecule has 0 aliphatic carbocycles. The lowest BCUT2D eigenvalue weighted by Gasteiger charge is -2.11. The summed E-state index contributed by atoms with van der Waals surface area (Å²) in [7, 11) is -3.00. The lowest BCUT2D eigenvalue weighted by atomic mass is 10.3. The summed E-state index contributed by atoms with van der Waals surface area (Å²) in [5.74, 6) is -4.14. The summed E-state index contributed by atoms with van der Waals surface area (Å²) >= 11 is 1.16. The molecule has 3 aromatic rings. The Labute approximate surface area is 158 Å². The minimum Gasteiger partial charge on any atom is -0.324 e. The van der Waals surface area contributed by atoms with Crippen molar-refractivity contribution < 1.29 is 22.0 Å². The molecule has 0 aliphatic rings. The highest BCUT2D eigenvalue weighted by molar-refractivity contribution is 7.99. The van der Waals surface area contributed by atoms with Crippen LogP contribution in [0.5, 0.6) is 0 Å². The molecule has 0 saturated carbocycles. The van der Waals surface area contributed by atoms with Crippen molar-refractivity contribution in [3.63, 3.8) is 0 Å². The van der Waals surface area contributed by atoms with Gasteiger partial charge in [-0.25, -0.2) is 13.4 Å². The number of carbonyl (C=O) groups excluding carboxylic acids is 1. The molecule has 0 bridgehead atoms. The quantitative estimate of drug-likeness (QED) is 0.630. The minimum absolute atomic E-state index is 0.0553. The number of benzene rings is 2. The molecular formula is C17H15F2N3O3S2. The Hall–Kier alpha value is -2.46. The van der Waals surface area contributed by atoms with Crippen LogP contribution < -0.4 is 5.32 Å². The first-order valence-corrected chi connectivity index (χ1v) is 10.3. The zero-order valence-corrected chi connectivity index (χ0v) is 15.7. The maximum Gasteiger partial charge on any atom is 0.341 e. The first-order chi connectivity index (χ1) is 12.8. The maximum absolute atomic E-state index is 12.8. The number of nitrogens with one attached hydrogen (secondary N) is 1. The predicted molar refractivity (Wildman–Crippen MR) is 99.7 cm³/mol. The van der Waals surface area contributed by atoms with Gasteiger partial charge in [0.05, 0.1) is 27.4 Å². The van der Waals surface area contributed by atoms with Gasteiger partial charge in [0.25, 0.3) is 0 Å². The first-order valence-electron chi connectivity index (χ1n) is 7.76. The fourth-order valence-corrected chi connectivity index (χ4v) is 4.16. The highest BCUT2D eigenvalue weighted by Crippen LogP contribution is 2.27. The van der Waals surface area contributed by atoms with Crippen molar-refractivity contribution >= 4 is 44.2 Å². The van der Waals surface area contributed by atoms with Crippen molar-refractivity contribution in [2.45, 2.75) is 15.8 Å². The molecule has 0 unspecified atom stereocenters. The molecule has 0 saturated heterocycles. The summed E-state index contributed by atoms with van der Waals surface area (Å²) in [6.45, 7) is 0. The number of carbonyl (C=O) groups is 1. The third-order valence-corrected chi connectivity index (χ3v) is 6.25. The van der Waals surface area contributed by atoms with Crippen molar-refractivity contribution in [3.8, 4) is 0 Å². The van der Waals surface area contributed by atoms with Crippen molar-refractivity contribution in [1.82, 2.24) is 9.55 Å². The molecule has 0 fully saturated rings. The Morgan fingerprint density at radius 1 is 1.19 bits per heavy atom. The highest BCUT2D eigenvalue weighted by atomic mass is 32.2. The van der Waals surface area contributed by atoms with Gasteiger partial charge >= 0.3 is 5.76 Å². The van der Waals surface area contributed by atoms with Gasteiger partial charge in [-0.3, -0.25) is 4.79 Å². The number of thioether (sulfide) groups is 1. The SMILES string of the molecule is Cn1c(SCC(=O)Nc2ccccc2S(=O)(=O)C(F)F)nc2ccccc21. The molecule has 6 nitrogen and oxygen atoms in total.